The van der Waals surface area contributed by atoms with Crippen LogP contribution in [-0.2, 0) is 40.2 Å². The van der Waals surface area contributed by atoms with Crippen LogP contribution in [0.2, 0.25) is 0 Å². The van der Waals surface area contributed by atoms with Gasteiger partial charge in [0.25, 0.3) is 0 Å². The van der Waals surface area contributed by atoms with Crippen molar-refractivity contribution >= 4 is 33.0 Å². The number of carbonyl (C=O) groups is 1. The quantitative estimate of drug-likeness (QED) is 0.457. The number of nitrogens with zero attached hydrogens (tertiary/aromatic N) is 4. The van der Waals surface area contributed by atoms with E-state index in [2.05, 4.69) is 33.2 Å². The number of hydrogen-bond acceptors (Lipinski definition) is 7. The van der Waals surface area contributed by atoms with Crippen LogP contribution in [0.1, 0.15) is 68.1 Å². The van der Waals surface area contributed by atoms with E-state index in [4.69, 9.17) is 10.2 Å². The molecule has 2 aromatic rings. The first-order valence-electron chi connectivity index (χ1n) is 10.4. The van der Waals surface area contributed by atoms with E-state index in [-0.39, 0.29) is 9.62 Å². The van der Waals surface area contributed by atoms with Gasteiger partial charge in [0.2, 0.25) is 0 Å². The third kappa shape index (κ3) is 3.98. The highest BCUT2D eigenvalue weighted by molar-refractivity contribution is 7.94. The molecule has 0 unspecified atom stereocenters. The zero-order chi connectivity index (χ0) is 23.3. The van der Waals surface area contributed by atoms with Gasteiger partial charge in [-0.05, 0) is 57.1 Å². The standard InChI is InChI=1S/C21H26N6O3S2/c1-20(2)9-8-13-16(12-6-5-7-14(12)25-17(13)20)26-19(28)27-32(30,24-11-22)15-10-23-18(31-15)21(3,4)29/h10,29H,5-9H2,1-4H3,(H2,24,25,26,27,28,30)/t32-/m0/s1. The Morgan fingerprint density at radius 3 is 2.75 bits per heavy atom. The van der Waals surface area contributed by atoms with Crippen molar-refractivity contribution in [1.82, 2.24) is 14.7 Å². The lowest BCUT2D eigenvalue weighted by molar-refractivity contribution is 0.0783. The number of carbonyl (C=O) groups excluding carboxylic acids is 1. The summed E-state index contributed by atoms with van der Waals surface area (Å²) in [6, 6.07) is -0.803. The molecule has 0 aliphatic heterocycles. The van der Waals surface area contributed by atoms with Crippen LogP contribution >= 0.6 is 11.3 Å². The Balaban J connectivity index is 1.73. The van der Waals surface area contributed by atoms with E-state index < -0.39 is 21.5 Å². The summed E-state index contributed by atoms with van der Waals surface area (Å²) in [4.78, 5) is 21.9. The Bertz CT molecular complexity index is 1260. The SMILES string of the molecule is CC(C)(O)c1ncc([S@@](=O)(=NC(=O)Nc2c3c(nc4c2CCC4(C)C)CCC3)NC#N)s1. The van der Waals surface area contributed by atoms with E-state index in [9.17, 15) is 14.1 Å². The van der Waals surface area contributed by atoms with Gasteiger partial charge in [-0.3, -0.25) is 4.98 Å². The summed E-state index contributed by atoms with van der Waals surface area (Å²) < 4.78 is 19.5. The number of urea groups is 1. The van der Waals surface area contributed by atoms with Crippen molar-refractivity contribution in [2.45, 2.75) is 75.0 Å². The minimum absolute atomic E-state index is 0.0738. The number of aromatic nitrogens is 2. The molecule has 0 saturated carbocycles. The molecule has 9 nitrogen and oxygen atoms in total. The first-order chi connectivity index (χ1) is 14.9. The monoisotopic (exact) mass is 474 g/mol. The van der Waals surface area contributed by atoms with Crippen molar-refractivity contribution in [2.75, 3.05) is 5.32 Å². The second kappa shape index (κ2) is 7.79. The van der Waals surface area contributed by atoms with Gasteiger partial charge in [-0.1, -0.05) is 13.8 Å². The number of nitriles is 1. The van der Waals surface area contributed by atoms with E-state index >= 15 is 0 Å². The smallest absolute Gasteiger partial charge is 0.355 e. The minimum Gasteiger partial charge on any atom is -0.383 e. The van der Waals surface area contributed by atoms with E-state index in [0.29, 0.717) is 5.01 Å². The number of nitrogens with one attached hydrogen (secondary N) is 2. The van der Waals surface area contributed by atoms with E-state index in [1.54, 1.807) is 20.0 Å². The average Bonchev–Trinajstić information content (AvgIpc) is 3.41. The molecule has 32 heavy (non-hydrogen) atoms. The minimum atomic E-state index is -3.60. The normalized spacial score (nSPS) is 18.2. The molecule has 0 saturated heterocycles. The summed E-state index contributed by atoms with van der Waals surface area (Å²) in [6.07, 6.45) is 7.29. The molecular formula is C21H26N6O3S2. The largest absolute Gasteiger partial charge is 0.383 e. The van der Waals surface area contributed by atoms with Crippen LogP contribution in [0.5, 0.6) is 0 Å². The Morgan fingerprint density at radius 1 is 1.34 bits per heavy atom. The Kier molecular flexibility index (Phi) is 5.51. The van der Waals surface area contributed by atoms with Gasteiger partial charge in [-0.2, -0.15) is 5.26 Å². The van der Waals surface area contributed by atoms with Crippen LogP contribution in [0.25, 0.3) is 0 Å². The van der Waals surface area contributed by atoms with Crippen molar-refractivity contribution in [3.8, 4) is 6.19 Å². The third-order valence-electron chi connectivity index (χ3n) is 5.87. The number of pyridine rings is 1. The van der Waals surface area contributed by atoms with E-state index in [1.165, 1.54) is 6.20 Å². The summed E-state index contributed by atoms with van der Waals surface area (Å²) in [6.45, 7) is 7.39. The van der Waals surface area contributed by atoms with Crippen molar-refractivity contribution in [3.05, 3.63) is 33.7 Å². The molecule has 3 N–H and O–H groups in total. The number of hydrogen-bond donors (Lipinski definition) is 3. The predicted octanol–water partition coefficient (Wildman–Crippen LogP) is 3.52. The van der Waals surface area contributed by atoms with Crippen LogP contribution in [0.15, 0.2) is 14.8 Å². The van der Waals surface area contributed by atoms with Crippen LogP contribution in [0.4, 0.5) is 10.5 Å². The number of amides is 2. The fourth-order valence-electron chi connectivity index (χ4n) is 4.23. The maximum absolute atomic E-state index is 13.4. The molecule has 1 atom stereocenters. The summed E-state index contributed by atoms with van der Waals surface area (Å²) in [7, 11) is -3.60. The van der Waals surface area contributed by atoms with Gasteiger partial charge in [0, 0.05) is 11.1 Å². The maximum atomic E-state index is 13.4. The van der Waals surface area contributed by atoms with Gasteiger partial charge in [0.15, 0.2) is 16.1 Å². The first-order valence-corrected chi connectivity index (χ1v) is 12.8. The molecule has 2 aliphatic rings. The number of rotatable bonds is 4. The maximum Gasteiger partial charge on any atom is 0.355 e. The predicted molar refractivity (Wildman–Crippen MR) is 122 cm³/mol. The van der Waals surface area contributed by atoms with Crippen molar-refractivity contribution in [3.63, 3.8) is 0 Å². The van der Waals surface area contributed by atoms with Gasteiger partial charge in [0.1, 0.15) is 14.8 Å². The summed E-state index contributed by atoms with van der Waals surface area (Å²) in [5, 5.41) is 22.5. The van der Waals surface area contributed by atoms with Gasteiger partial charge < -0.3 is 10.4 Å². The molecule has 11 heteroatoms. The fourth-order valence-corrected chi connectivity index (χ4v) is 6.64. The van der Waals surface area contributed by atoms with Crippen molar-refractivity contribution in [2.24, 2.45) is 4.36 Å². The van der Waals surface area contributed by atoms with Crippen LogP contribution in [-0.4, -0.2) is 25.3 Å². The summed E-state index contributed by atoms with van der Waals surface area (Å²) in [5.74, 6) is 0. The van der Waals surface area contributed by atoms with Crippen molar-refractivity contribution < 1.29 is 14.1 Å². The zero-order valence-electron chi connectivity index (χ0n) is 18.5. The van der Waals surface area contributed by atoms with Gasteiger partial charge in [-0.15, -0.1) is 15.7 Å². The molecule has 2 aliphatic carbocycles. The highest BCUT2D eigenvalue weighted by Crippen LogP contribution is 2.44. The number of aryl methyl sites for hydroxylation is 1. The third-order valence-corrected chi connectivity index (χ3v) is 9.35. The zero-order valence-corrected chi connectivity index (χ0v) is 20.1. The molecule has 2 amide bonds. The molecule has 4 rings (SSSR count). The lowest BCUT2D eigenvalue weighted by atomic mass is 9.90. The fraction of sp³-hybridized carbons (Fsp3) is 0.524. The van der Waals surface area contributed by atoms with Gasteiger partial charge in [0.05, 0.1) is 17.6 Å². The van der Waals surface area contributed by atoms with Crippen LogP contribution in [0.3, 0.4) is 0 Å². The van der Waals surface area contributed by atoms with Gasteiger partial charge >= 0.3 is 6.03 Å². The van der Waals surface area contributed by atoms with Crippen LogP contribution in [0, 0.1) is 11.5 Å². The average molecular weight is 475 g/mol. The lowest BCUT2D eigenvalue weighted by Gasteiger charge is -2.20. The van der Waals surface area contributed by atoms with Gasteiger partial charge in [-0.25, -0.2) is 18.7 Å². The number of anilines is 1. The molecule has 0 radical (unpaired) electrons. The second-order valence-corrected chi connectivity index (χ2v) is 12.4. The van der Waals surface area contributed by atoms with E-state index in [1.807, 2.05) is 0 Å². The summed E-state index contributed by atoms with van der Waals surface area (Å²) >= 11 is 0.941. The second-order valence-electron chi connectivity index (χ2n) is 9.28. The van der Waals surface area contributed by atoms with Crippen LogP contribution < -0.4 is 10.0 Å². The highest BCUT2D eigenvalue weighted by atomic mass is 32.2. The molecule has 0 fully saturated rings. The number of aliphatic hydroxyl groups is 1. The topological polar surface area (TPSA) is 140 Å². The highest BCUT2D eigenvalue weighted by Gasteiger charge is 2.36. The molecule has 0 spiro atoms. The number of thiazole rings is 1. The first kappa shape index (κ1) is 22.6. The summed E-state index contributed by atoms with van der Waals surface area (Å²) in [5.41, 5.74) is 3.44. The molecule has 2 heterocycles. The molecule has 170 valence electrons. The number of fused-ring (bicyclic) bond motifs is 2. The molecule has 0 bridgehead atoms. The molecule has 0 aromatic carbocycles. The molecular weight excluding hydrogens is 448 g/mol. The Morgan fingerprint density at radius 2 is 2.09 bits per heavy atom. The Hall–Kier alpha value is -2.55. The Labute approximate surface area is 191 Å². The van der Waals surface area contributed by atoms with E-state index in [0.717, 1.165) is 71.6 Å². The molecule has 2 aromatic heterocycles. The lowest BCUT2D eigenvalue weighted by Crippen LogP contribution is -2.22. The van der Waals surface area contributed by atoms with Crippen molar-refractivity contribution in [1.29, 1.82) is 5.26 Å².